The average molecular weight is 136 g/mol. The highest BCUT2D eigenvalue weighted by Gasteiger charge is 1.94. The molecule has 0 amide bonds. The lowest BCUT2D eigenvalue weighted by Gasteiger charge is -2.15. The third-order valence-electron chi connectivity index (χ3n) is 1.12. The van der Waals surface area contributed by atoms with Gasteiger partial charge < -0.3 is 9.55 Å². The van der Waals surface area contributed by atoms with E-state index in [4.69, 9.17) is 12.5 Å². The number of ether oxygens (including phenoxy) is 1. The third-order valence-corrected chi connectivity index (χ3v) is 1.12. The molecule has 3 radical (unpaired) electrons. The molecule has 0 atom stereocenters. The molecule has 0 aromatic heterocycles. The molecule has 0 aliphatic carbocycles. The van der Waals surface area contributed by atoms with E-state index in [1.165, 1.54) is 7.31 Å². The lowest BCUT2D eigenvalue weighted by Crippen LogP contribution is -2.25. The summed E-state index contributed by atoms with van der Waals surface area (Å²) in [6.07, 6.45) is 0.846. The summed E-state index contributed by atoms with van der Waals surface area (Å²) in [6.45, 7) is 6.15. The van der Waals surface area contributed by atoms with Crippen LogP contribution < -0.4 is 0 Å². The van der Waals surface area contributed by atoms with Crippen molar-refractivity contribution in [1.29, 1.82) is 0 Å². The Morgan fingerprint density at radius 2 is 2.40 bits per heavy atom. The minimum atomic E-state index is 0.475. The molecule has 0 aliphatic heterocycles. The van der Waals surface area contributed by atoms with E-state index in [9.17, 15) is 0 Å². The molecule has 0 heterocycles. The van der Waals surface area contributed by atoms with Crippen LogP contribution >= 0.6 is 0 Å². The van der Waals surface area contributed by atoms with Crippen LogP contribution in [0.15, 0.2) is 12.3 Å². The zero-order valence-corrected chi connectivity index (χ0v) is 6.63. The SMILES string of the molecule is [B][B]N(C)COC(=C)CC. The van der Waals surface area contributed by atoms with Crippen molar-refractivity contribution < 1.29 is 4.74 Å². The summed E-state index contributed by atoms with van der Waals surface area (Å²) >= 11 is 0. The molecule has 0 bridgehead atoms. The maximum atomic E-state index is 5.19. The molecule has 0 saturated carbocycles. The fourth-order valence-corrected chi connectivity index (χ4v) is 0.338. The van der Waals surface area contributed by atoms with Crippen molar-refractivity contribution in [2.45, 2.75) is 13.3 Å². The molecular weight excluding hydrogens is 124 g/mol. The van der Waals surface area contributed by atoms with E-state index in [2.05, 4.69) is 6.58 Å². The summed E-state index contributed by atoms with van der Waals surface area (Å²) in [5.41, 5.74) is 0. The van der Waals surface area contributed by atoms with Gasteiger partial charge in [0.05, 0.1) is 5.76 Å². The summed E-state index contributed by atoms with van der Waals surface area (Å²) < 4.78 is 5.16. The quantitative estimate of drug-likeness (QED) is 0.310. The average Bonchev–Trinajstić information content (AvgIpc) is 1.99. The van der Waals surface area contributed by atoms with Crippen LogP contribution in [-0.4, -0.2) is 33.6 Å². The first-order chi connectivity index (χ1) is 4.70. The van der Waals surface area contributed by atoms with Crippen LogP contribution in [0.25, 0.3) is 0 Å². The fraction of sp³-hybridized carbons (Fsp3) is 0.667. The van der Waals surface area contributed by atoms with Gasteiger partial charge in [-0.25, -0.2) is 0 Å². The van der Waals surface area contributed by atoms with Crippen molar-refractivity contribution >= 4 is 15.0 Å². The van der Waals surface area contributed by atoms with E-state index in [1.807, 2.05) is 14.0 Å². The Kier molecular flexibility index (Phi) is 5.22. The molecule has 0 fully saturated rings. The predicted octanol–water partition coefficient (Wildman–Crippen LogP) is 0.519. The Hall–Kier alpha value is -0.370. The highest BCUT2D eigenvalue weighted by atomic mass is 16.5. The van der Waals surface area contributed by atoms with Crippen molar-refractivity contribution in [1.82, 2.24) is 4.81 Å². The van der Waals surface area contributed by atoms with Gasteiger partial charge in [0.2, 0.25) is 0 Å². The van der Waals surface area contributed by atoms with Gasteiger partial charge in [0.25, 0.3) is 0 Å². The first-order valence-corrected chi connectivity index (χ1v) is 3.26. The van der Waals surface area contributed by atoms with Gasteiger partial charge in [0.1, 0.15) is 6.73 Å². The third kappa shape index (κ3) is 4.50. The zero-order chi connectivity index (χ0) is 7.98. The molecular formula is C6H12B2NO. The molecule has 10 heavy (non-hydrogen) atoms. The zero-order valence-electron chi connectivity index (χ0n) is 6.63. The Morgan fingerprint density at radius 3 is 2.80 bits per heavy atom. The molecule has 0 aliphatic rings. The predicted molar refractivity (Wildman–Crippen MR) is 44.7 cm³/mol. The minimum absolute atomic E-state index is 0.475. The van der Waals surface area contributed by atoms with Crippen molar-refractivity contribution in [3.63, 3.8) is 0 Å². The minimum Gasteiger partial charge on any atom is -0.484 e. The van der Waals surface area contributed by atoms with Crippen LogP contribution in [0, 0.1) is 0 Å². The molecule has 0 unspecified atom stereocenters. The first kappa shape index (κ1) is 9.63. The molecule has 0 saturated heterocycles. The Morgan fingerprint density at radius 1 is 1.80 bits per heavy atom. The lowest BCUT2D eigenvalue weighted by molar-refractivity contribution is 0.140. The number of rotatable bonds is 5. The van der Waals surface area contributed by atoms with Gasteiger partial charge in [0.15, 0.2) is 7.31 Å². The van der Waals surface area contributed by atoms with Crippen LogP contribution in [0.3, 0.4) is 0 Å². The van der Waals surface area contributed by atoms with E-state index in [1.54, 1.807) is 4.81 Å². The highest BCUT2D eigenvalue weighted by Crippen LogP contribution is 1.97. The van der Waals surface area contributed by atoms with E-state index < -0.39 is 0 Å². The monoisotopic (exact) mass is 136 g/mol. The van der Waals surface area contributed by atoms with Crippen molar-refractivity contribution in [2.75, 3.05) is 13.8 Å². The van der Waals surface area contributed by atoms with Crippen molar-refractivity contribution in [3.05, 3.63) is 12.3 Å². The Labute approximate surface area is 64.9 Å². The normalized spacial score (nSPS) is 9.50. The summed E-state index contributed by atoms with van der Waals surface area (Å²) in [4.78, 5) is 1.74. The molecule has 2 nitrogen and oxygen atoms in total. The molecule has 0 aromatic carbocycles. The topological polar surface area (TPSA) is 12.5 Å². The van der Waals surface area contributed by atoms with E-state index >= 15 is 0 Å². The standard InChI is InChI=1S/C6H12B2NO/c1-4-6(2)10-5-9(3)8-7/h2,4-5H2,1,3H3. The van der Waals surface area contributed by atoms with Gasteiger partial charge in [-0.3, -0.25) is 0 Å². The van der Waals surface area contributed by atoms with Crippen LogP contribution in [-0.2, 0) is 4.74 Å². The first-order valence-electron chi connectivity index (χ1n) is 3.26. The Bertz CT molecular complexity index is 108. The molecule has 53 valence electrons. The smallest absolute Gasteiger partial charge is 0.152 e. The number of allylic oxidation sites excluding steroid dienone is 1. The van der Waals surface area contributed by atoms with Crippen molar-refractivity contribution in [3.8, 4) is 0 Å². The van der Waals surface area contributed by atoms with Crippen LogP contribution in [0.4, 0.5) is 0 Å². The van der Waals surface area contributed by atoms with Crippen LogP contribution in [0.2, 0.25) is 0 Å². The second-order valence-corrected chi connectivity index (χ2v) is 2.07. The van der Waals surface area contributed by atoms with Gasteiger partial charge >= 0.3 is 0 Å². The summed E-state index contributed by atoms with van der Waals surface area (Å²) in [7, 11) is 8.49. The van der Waals surface area contributed by atoms with Gasteiger partial charge in [0, 0.05) is 14.2 Å². The van der Waals surface area contributed by atoms with E-state index in [0.29, 0.717) is 6.73 Å². The second kappa shape index (κ2) is 5.42. The van der Waals surface area contributed by atoms with E-state index in [0.717, 1.165) is 12.2 Å². The largest absolute Gasteiger partial charge is 0.484 e. The Balaban J connectivity index is 3.26. The number of nitrogens with zero attached hydrogens (tertiary/aromatic N) is 1. The van der Waals surface area contributed by atoms with E-state index in [-0.39, 0.29) is 0 Å². The lowest BCUT2D eigenvalue weighted by atomic mass is 9.66. The van der Waals surface area contributed by atoms with Crippen LogP contribution in [0.5, 0.6) is 0 Å². The maximum Gasteiger partial charge on any atom is 0.152 e. The number of hydrogen-bond acceptors (Lipinski definition) is 2. The highest BCUT2D eigenvalue weighted by molar-refractivity contribution is 6.87. The molecule has 0 spiro atoms. The van der Waals surface area contributed by atoms with Gasteiger partial charge in [-0.2, -0.15) is 0 Å². The van der Waals surface area contributed by atoms with Gasteiger partial charge in [-0.1, -0.05) is 13.5 Å². The molecule has 0 aromatic rings. The fourth-order valence-electron chi connectivity index (χ4n) is 0.338. The molecule has 4 heteroatoms. The number of hydrogen-bond donors (Lipinski definition) is 0. The van der Waals surface area contributed by atoms with Gasteiger partial charge in [-0.15, -0.1) is 0 Å². The maximum absolute atomic E-state index is 5.19. The van der Waals surface area contributed by atoms with Crippen molar-refractivity contribution in [2.24, 2.45) is 0 Å². The van der Waals surface area contributed by atoms with Crippen LogP contribution in [0.1, 0.15) is 13.3 Å². The summed E-state index contributed by atoms with van der Waals surface area (Å²) in [6, 6.07) is 0. The summed E-state index contributed by atoms with van der Waals surface area (Å²) in [5.74, 6) is 0.786. The van der Waals surface area contributed by atoms with Gasteiger partial charge in [-0.05, 0) is 7.05 Å². The summed E-state index contributed by atoms with van der Waals surface area (Å²) in [5, 5.41) is 0. The molecule has 0 N–H and O–H groups in total. The second-order valence-electron chi connectivity index (χ2n) is 2.07. The molecule has 0 rings (SSSR count).